The summed E-state index contributed by atoms with van der Waals surface area (Å²) in [6, 6.07) is 92.5. The summed E-state index contributed by atoms with van der Waals surface area (Å²) in [5.41, 5.74) is 23.4. The molecule has 0 fully saturated rings. The Labute approximate surface area is 422 Å². The second-order valence-corrected chi connectivity index (χ2v) is 18.8. The van der Waals surface area contributed by atoms with Crippen molar-refractivity contribution in [2.75, 3.05) is 9.80 Å². The van der Waals surface area contributed by atoms with Gasteiger partial charge in [-0.15, -0.1) is 0 Å². The number of hydrogen-bond acceptors (Lipinski definition) is 2. The first kappa shape index (κ1) is 44.1. The lowest BCUT2D eigenvalue weighted by molar-refractivity contribution is 1.05. The van der Waals surface area contributed by atoms with Crippen LogP contribution in [-0.2, 0) is 0 Å². The average molecular weight is 927 g/mol. The standard InChI is InChI=1S/C68H54N4/c1-47-25-31-59(32-26-47)71(55-21-13-7-14-22-55)61-39-35-57(36-40-61)69-49(3)67(51-17-9-5-10-18-51)63-45-53(29-43-65(63)69)54-30-44-66-64(46-54)68(52-19-11-6-12-20-52)50(4)70(66)58-37-41-62(42-38-58)72(56-23-15-8-16-24-56)60-33-27-48(2)28-34-60/h5-46H,1-4H3. The number of fused-ring (bicyclic) bond motifs is 2. The molecule has 0 amide bonds. The first-order valence-electron chi connectivity index (χ1n) is 24.8. The Hall–Kier alpha value is -9.12. The first-order chi connectivity index (χ1) is 35.4. The quantitative estimate of drug-likeness (QED) is 0.129. The lowest BCUT2D eigenvalue weighted by Gasteiger charge is -2.26. The molecule has 0 saturated carbocycles. The van der Waals surface area contributed by atoms with Crippen molar-refractivity contribution in [3.63, 3.8) is 0 Å². The van der Waals surface area contributed by atoms with Crippen LogP contribution in [-0.4, -0.2) is 9.13 Å². The van der Waals surface area contributed by atoms with E-state index in [1.807, 2.05) is 0 Å². The third-order valence-corrected chi connectivity index (χ3v) is 14.2. The Kier molecular flexibility index (Phi) is 11.4. The fourth-order valence-electron chi connectivity index (χ4n) is 10.7. The van der Waals surface area contributed by atoms with Crippen LogP contribution in [0.25, 0.3) is 66.6 Å². The summed E-state index contributed by atoms with van der Waals surface area (Å²) in [6.07, 6.45) is 0. The highest BCUT2D eigenvalue weighted by molar-refractivity contribution is 6.04. The molecule has 4 nitrogen and oxygen atoms in total. The molecule has 0 bridgehead atoms. The molecule has 0 aliphatic heterocycles. The molecule has 12 aromatic rings. The minimum Gasteiger partial charge on any atom is -0.313 e. The van der Waals surface area contributed by atoms with Crippen molar-refractivity contribution in [2.24, 2.45) is 0 Å². The van der Waals surface area contributed by atoms with Gasteiger partial charge >= 0.3 is 0 Å². The molecule has 0 saturated heterocycles. The lowest BCUT2D eigenvalue weighted by atomic mass is 9.96. The molecule has 0 aliphatic rings. The number of nitrogens with zero attached hydrogens (tertiary/aromatic N) is 4. The number of hydrogen-bond donors (Lipinski definition) is 0. The fraction of sp³-hybridized carbons (Fsp3) is 0.0588. The number of aromatic nitrogens is 2. The van der Waals surface area contributed by atoms with Gasteiger partial charge in [-0.05, 0) is 171 Å². The predicted molar refractivity (Wildman–Crippen MR) is 305 cm³/mol. The van der Waals surface area contributed by atoms with Gasteiger partial charge in [0.15, 0.2) is 0 Å². The molecule has 0 aliphatic carbocycles. The molecule has 0 N–H and O–H groups in total. The van der Waals surface area contributed by atoms with Gasteiger partial charge in [-0.2, -0.15) is 0 Å². The molecular weight excluding hydrogens is 873 g/mol. The normalized spacial score (nSPS) is 11.3. The van der Waals surface area contributed by atoms with Gasteiger partial charge in [0.2, 0.25) is 0 Å². The molecular formula is C68H54N4. The third-order valence-electron chi connectivity index (χ3n) is 14.2. The van der Waals surface area contributed by atoms with E-state index in [2.05, 4.69) is 301 Å². The van der Waals surface area contributed by atoms with Crippen molar-refractivity contribution in [1.82, 2.24) is 9.13 Å². The van der Waals surface area contributed by atoms with E-state index in [9.17, 15) is 0 Å². The number of anilines is 6. The van der Waals surface area contributed by atoms with E-state index in [4.69, 9.17) is 0 Å². The largest absolute Gasteiger partial charge is 0.313 e. The van der Waals surface area contributed by atoms with Crippen molar-refractivity contribution in [3.8, 4) is 44.8 Å². The average Bonchev–Trinajstić information content (AvgIpc) is 3.89. The minimum atomic E-state index is 1.10. The van der Waals surface area contributed by atoms with Crippen LogP contribution in [0.15, 0.2) is 255 Å². The minimum absolute atomic E-state index is 1.10. The summed E-state index contributed by atoms with van der Waals surface area (Å²) in [5, 5.41) is 2.44. The van der Waals surface area contributed by atoms with Crippen LogP contribution in [0.1, 0.15) is 22.5 Å². The molecule has 2 heterocycles. The van der Waals surface area contributed by atoms with Gasteiger partial charge in [-0.3, -0.25) is 0 Å². The van der Waals surface area contributed by atoms with E-state index >= 15 is 0 Å². The second kappa shape index (κ2) is 18.7. The van der Waals surface area contributed by atoms with Gasteiger partial charge in [0.25, 0.3) is 0 Å². The lowest BCUT2D eigenvalue weighted by Crippen LogP contribution is -2.10. The molecule has 0 spiro atoms. The van der Waals surface area contributed by atoms with E-state index in [1.165, 1.54) is 77.7 Å². The van der Waals surface area contributed by atoms with Crippen LogP contribution in [0.4, 0.5) is 34.1 Å². The fourth-order valence-corrected chi connectivity index (χ4v) is 10.7. The zero-order valence-corrected chi connectivity index (χ0v) is 41.0. The van der Waals surface area contributed by atoms with Crippen molar-refractivity contribution in [3.05, 3.63) is 277 Å². The summed E-state index contributed by atoms with van der Waals surface area (Å²) < 4.78 is 4.85. The Morgan fingerprint density at radius 1 is 0.264 bits per heavy atom. The highest BCUT2D eigenvalue weighted by Gasteiger charge is 2.22. The van der Waals surface area contributed by atoms with E-state index in [0.29, 0.717) is 0 Å². The maximum Gasteiger partial charge on any atom is 0.0538 e. The van der Waals surface area contributed by atoms with Crippen LogP contribution in [0.3, 0.4) is 0 Å². The topological polar surface area (TPSA) is 16.3 Å². The van der Waals surface area contributed by atoms with Crippen molar-refractivity contribution >= 4 is 55.9 Å². The third kappa shape index (κ3) is 8.03. The Morgan fingerprint density at radius 3 is 0.889 bits per heavy atom. The number of rotatable bonds is 11. The van der Waals surface area contributed by atoms with E-state index in [0.717, 1.165) is 45.5 Å². The van der Waals surface area contributed by atoms with E-state index in [1.54, 1.807) is 0 Å². The van der Waals surface area contributed by atoms with Crippen LogP contribution < -0.4 is 9.80 Å². The van der Waals surface area contributed by atoms with Crippen molar-refractivity contribution in [2.45, 2.75) is 27.7 Å². The molecule has 0 unspecified atom stereocenters. The summed E-state index contributed by atoms with van der Waals surface area (Å²) in [4.78, 5) is 4.65. The van der Waals surface area contributed by atoms with Gasteiger partial charge in [0, 0.05) is 78.8 Å². The van der Waals surface area contributed by atoms with Crippen molar-refractivity contribution in [1.29, 1.82) is 0 Å². The monoisotopic (exact) mass is 926 g/mol. The molecule has 346 valence electrons. The Bertz CT molecular complexity index is 3580. The van der Waals surface area contributed by atoms with Gasteiger partial charge in [0.1, 0.15) is 0 Å². The maximum absolute atomic E-state index is 2.43. The first-order valence-corrected chi connectivity index (χ1v) is 24.8. The number of aryl methyl sites for hydroxylation is 2. The zero-order valence-electron chi connectivity index (χ0n) is 41.0. The van der Waals surface area contributed by atoms with Crippen LogP contribution in [0.5, 0.6) is 0 Å². The highest BCUT2D eigenvalue weighted by atomic mass is 15.1. The SMILES string of the molecule is Cc1ccc(N(c2ccccc2)c2ccc(-n3c(C)c(-c4ccccc4)c4cc(-c5ccc6c(c5)c(-c5ccccc5)c(C)n6-c5ccc(N(c6ccccc6)c6ccc(C)cc6)cc5)ccc43)cc2)cc1. The Balaban J connectivity index is 0.959. The molecule has 0 atom stereocenters. The maximum atomic E-state index is 2.43. The number of para-hydroxylation sites is 2. The summed E-state index contributed by atoms with van der Waals surface area (Å²) in [6.45, 7) is 8.79. The second-order valence-electron chi connectivity index (χ2n) is 18.8. The highest BCUT2D eigenvalue weighted by Crippen LogP contribution is 2.44. The molecule has 2 aromatic heterocycles. The zero-order chi connectivity index (χ0) is 48.7. The van der Waals surface area contributed by atoms with Gasteiger partial charge in [-0.1, -0.05) is 145 Å². The summed E-state index contributed by atoms with van der Waals surface area (Å²) >= 11 is 0. The van der Waals surface area contributed by atoms with Gasteiger partial charge in [0.05, 0.1) is 11.0 Å². The smallest absolute Gasteiger partial charge is 0.0538 e. The molecule has 4 heteroatoms. The molecule has 12 rings (SSSR count). The molecule has 72 heavy (non-hydrogen) atoms. The van der Waals surface area contributed by atoms with E-state index < -0.39 is 0 Å². The van der Waals surface area contributed by atoms with Gasteiger partial charge in [-0.25, -0.2) is 0 Å². The summed E-state index contributed by atoms with van der Waals surface area (Å²) in [5.74, 6) is 0. The van der Waals surface area contributed by atoms with Crippen LogP contribution in [0.2, 0.25) is 0 Å². The van der Waals surface area contributed by atoms with E-state index in [-0.39, 0.29) is 0 Å². The van der Waals surface area contributed by atoms with Gasteiger partial charge < -0.3 is 18.9 Å². The van der Waals surface area contributed by atoms with Crippen LogP contribution >= 0.6 is 0 Å². The predicted octanol–water partition coefficient (Wildman–Crippen LogP) is 18.7. The van der Waals surface area contributed by atoms with Crippen LogP contribution in [0, 0.1) is 27.7 Å². The summed E-state index contributed by atoms with van der Waals surface area (Å²) in [7, 11) is 0. The Morgan fingerprint density at radius 2 is 0.556 bits per heavy atom. The molecule has 10 aromatic carbocycles. The van der Waals surface area contributed by atoms with Crippen molar-refractivity contribution < 1.29 is 0 Å². The number of benzene rings is 10. The molecule has 0 radical (unpaired) electrons.